The zero-order valence-electron chi connectivity index (χ0n) is 21.2. The van der Waals surface area contributed by atoms with Crippen molar-refractivity contribution in [3.8, 4) is 0 Å². The second kappa shape index (κ2) is 10.8. The minimum atomic E-state index is 0.999. The average molecular weight is 444 g/mol. The number of nitrogens with zero attached hydrogens (tertiary/aromatic N) is 3. The average Bonchev–Trinajstić information content (AvgIpc) is 2.81. The van der Waals surface area contributed by atoms with E-state index >= 15 is 0 Å². The van der Waals surface area contributed by atoms with Crippen LogP contribution in [0.25, 0.3) is 11.1 Å². The highest BCUT2D eigenvalue weighted by atomic mass is 15.3. The van der Waals surface area contributed by atoms with Crippen LogP contribution < -0.4 is 0 Å². The monoisotopic (exact) mass is 443 g/mol. The molecule has 3 nitrogen and oxygen atoms in total. The molecule has 0 aromatic heterocycles. The van der Waals surface area contributed by atoms with E-state index in [1.165, 1.54) is 84.6 Å². The first kappa shape index (κ1) is 23.9. The molecule has 4 rings (SSSR count). The summed E-state index contributed by atoms with van der Waals surface area (Å²) in [6, 6.07) is 13.7. The van der Waals surface area contributed by atoms with Crippen molar-refractivity contribution >= 4 is 11.1 Å². The number of hydrogen-bond acceptors (Lipinski definition) is 3. The molecule has 2 aromatic carbocycles. The van der Waals surface area contributed by atoms with Gasteiger partial charge in [-0.15, -0.1) is 0 Å². The highest BCUT2D eigenvalue weighted by Crippen LogP contribution is 2.35. The molecular weight excluding hydrogens is 402 g/mol. The van der Waals surface area contributed by atoms with Crippen LogP contribution in [-0.4, -0.2) is 74.6 Å². The summed E-state index contributed by atoms with van der Waals surface area (Å²) in [5.41, 5.74) is 10.8. The van der Waals surface area contributed by atoms with Gasteiger partial charge >= 0.3 is 0 Å². The molecule has 0 atom stereocenters. The summed E-state index contributed by atoms with van der Waals surface area (Å²) in [7, 11) is 4.49. The van der Waals surface area contributed by atoms with Crippen molar-refractivity contribution in [3.05, 3.63) is 82.4 Å². The van der Waals surface area contributed by atoms with Crippen LogP contribution in [-0.2, 0) is 12.8 Å². The molecule has 0 spiro atoms. The van der Waals surface area contributed by atoms with Crippen LogP contribution >= 0.6 is 0 Å². The van der Waals surface area contributed by atoms with Gasteiger partial charge in [0.15, 0.2) is 0 Å². The van der Waals surface area contributed by atoms with Crippen molar-refractivity contribution in [1.29, 1.82) is 0 Å². The summed E-state index contributed by atoms with van der Waals surface area (Å²) < 4.78 is 0. The lowest BCUT2D eigenvalue weighted by atomic mass is 9.82. The largest absolute Gasteiger partial charge is 0.305 e. The third-order valence-electron chi connectivity index (χ3n) is 7.65. The van der Waals surface area contributed by atoms with E-state index in [1.807, 2.05) is 0 Å². The fourth-order valence-corrected chi connectivity index (χ4v) is 5.05. The Kier molecular flexibility index (Phi) is 7.85. The molecule has 176 valence electrons. The van der Waals surface area contributed by atoms with Crippen molar-refractivity contribution in [2.45, 2.75) is 33.1 Å². The maximum absolute atomic E-state index is 4.34. The second-order valence-electron chi connectivity index (χ2n) is 10.2. The number of allylic oxidation sites excluding steroid dienone is 3. The molecule has 0 radical (unpaired) electrons. The van der Waals surface area contributed by atoms with Gasteiger partial charge in [-0.25, -0.2) is 0 Å². The Balaban J connectivity index is 1.26. The molecule has 0 saturated carbocycles. The molecule has 1 aliphatic heterocycles. The number of hydrogen-bond donors (Lipinski definition) is 0. The lowest BCUT2D eigenvalue weighted by molar-refractivity contribution is 0.140. The van der Waals surface area contributed by atoms with Crippen molar-refractivity contribution in [2.75, 3.05) is 59.9 Å². The zero-order chi connectivity index (χ0) is 23.4. The number of benzene rings is 2. The predicted molar refractivity (Wildman–Crippen MR) is 143 cm³/mol. The van der Waals surface area contributed by atoms with Crippen LogP contribution in [0.2, 0.25) is 0 Å². The fraction of sp³-hybridized carbons (Fsp3) is 0.467. The molecule has 1 heterocycles. The molecule has 3 heteroatoms. The number of likely N-dealkylation sites (N-methyl/N-ethyl adjacent to an activating group) is 2. The van der Waals surface area contributed by atoms with E-state index in [9.17, 15) is 0 Å². The number of rotatable bonds is 8. The Hall–Kier alpha value is -2.20. The minimum absolute atomic E-state index is 0.999. The molecule has 1 aliphatic carbocycles. The smallest absolute Gasteiger partial charge is 0.0110 e. The van der Waals surface area contributed by atoms with Crippen LogP contribution in [0.1, 0.15) is 39.8 Å². The molecule has 1 saturated heterocycles. The van der Waals surface area contributed by atoms with Gasteiger partial charge < -0.3 is 9.80 Å². The van der Waals surface area contributed by atoms with E-state index in [1.54, 1.807) is 0 Å². The van der Waals surface area contributed by atoms with E-state index in [-0.39, 0.29) is 0 Å². The number of piperazine rings is 1. The van der Waals surface area contributed by atoms with Crippen LogP contribution in [0.4, 0.5) is 0 Å². The molecule has 2 aromatic rings. The first-order valence-electron chi connectivity index (χ1n) is 12.6. The lowest BCUT2D eigenvalue weighted by Crippen LogP contribution is -2.46. The van der Waals surface area contributed by atoms with Gasteiger partial charge in [0, 0.05) is 39.3 Å². The minimum Gasteiger partial charge on any atom is -0.305 e. The van der Waals surface area contributed by atoms with Gasteiger partial charge in [0.05, 0.1) is 0 Å². The van der Waals surface area contributed by atoms with Crippen LogP contribution in [0.15, 0.2) is 49.1 Å². The second-order valence-corrected chi connectivity index (χ2v) is 10.2. The summed E-state index contributed by atoms with van der Waals surface area (Å²) in [6.07, 6.45) is 5.64. The molecule has 33 heavy (non-hydrogen) atoms. The summed E-state index contributed by atoms with van der Waals surface area (Å²) in [5, 5.41) is 0. The van der Waals surface area contributed by atoms with Crippen LogP contribution in [0.3, 0.4) is 0 Å². The molecule has 0 bridgehead atoms. The molecule has 1 fully saturated rings. The van der Waals surface area contributed by atoms with Crippen molar-refractivity contribution in [2.24, 2.45) is 0 Å². The highest BCUT2D eigenvalue weighted by Gasteiger charge is 2.18. The van der Waals surface area contributed by atoms with Gasteiger partial charge in [-0.05, 0) is 98.3 Å². The maximum atomic E-state index is 4.34. The first-order valence-corrected chi connectivity index (χ1v) is 12.6. The fourth-order valence-electron chi connectivity index (χ4n) is 5.05. The Morgan fingerprint density at radius 2 is 1.67 bits per heavy atom. The maximum Gasteiger partial charge on any atom is 0.0110 e. The van der Waals surface area contributed by atoms with Crippen LogP contribution in [0, 0.1) is 13.8 Å². The van der Waals surface area contributed by atoms with E-state index in [0.717, 1.165) is 25.0 Å². The van der Waals surface area contributed by atoms with Gasteiger partial charge in [0.25, 0.3) is 0 Å². The standard InChI is InChI=1S/C30H41N3/c1-23-8-13-29-24(2)21-28(22-30(29)25(23)3)27-11-9-26(10-12-27)7-6-14-31(4)15-18-33-19-16-32(5)17-20-33/h8-13,21H,2,6-7,14-20,22H2,1,3-5H3. The van der Waals surface area contributed by atoms with Crippen molar-refractivity contribution in [1.82, 2.24) is 14.7 Å². The Morgan fingerprint density at radius 3 is 2.39 bits per heavy atom. The molecule has 0 unspecified atom stereocenters. The third-order valence-corrected chi connectivity index (χ3v) is 7.65. The van der Waals surface area contributed by atoms with Gasteiger partial charge in [-0.2, -0.15) is 0 Å². The Labute approximate surface area is 201 Å². The Bertz CT molecular complexity index is 994. The normalized spacial score (nSPS) is 17.4. The first-order chi connectivity index (χ1) is 15.9. The highest BCUT2D eigenvalue weighted by molar-refractivity contribution is 5.89. The van der Waals surface area contributed by atoms with E-state index < -0.39 is 0 Å². The van der Waals surface area contributed by atoms with Gasteiger partial charge in [0.1, 0.15) is 0 Å². The molecule has 0 N–H and O–H groups in total. The Morgan fingerprint density at radius 1 is 0.939 bits per heavy atom. The lowest BCUT2D eigenvalue weighted by Gasteiger charge is -2.33. The predicted octanol–water partition coefficient (Wildman–Crippen LogP) is 5.07. The molecule has 2 aliphatic rings. The van der Waals surface area contributed by atoms with E-state index in [0.29, 0.717) is 0 Å². The van der Waals surface area contributed by atoms with E-state index in [4.69, 9.17) is 0 Å². The van der Waals surface area contributed by atoms with Gasteiger partial charge in [-0.1, -0.05) is 49.1 Å². The topological polar surface area (TPSA) is 9.72 Å². The number of fused-ring (bicyclic) bond motifs is 1. The van der Waals surface area contributed by atoms with Crippen LogP contribution in [0.5, 0.6) is 0 Å². The third kappa shape index (κ3) is 6.03. The summed E-state index contributed by atoms with van der Waals surface area (Å²) in [6.45, 7) is 17.2. The quantitative estimate of drug-likeness (QED) is 0.564. The summed E-state index contributed by atoms with van der Waals surface area (Å²) in [4.78, 5) is 7.52. The van der Waals surface area contributed by atoms with Gasteiger partial charge in [-0.3, -0.25) is 4.90 Å². The SMILES string of the molecule is C=C1C=C(c2ccc(CCCN(C)CCN3CCN(C)CC3)cc2)Cc2c1ccc(C)c2C. The molecule has 0 amide bonds. The van der Waals surface area contributed by atoms with Crippen molar-refractivity contribution in [3.63, 3.8) is 0 Å². The van der Waals surface area contributed by atoms with Crippen molar-refractivity contribution < 1.29 is 0 Å². The zero-order valence-corrected chi connectivity index (χ0v) is 21.2. The number of aryl methyl sites for hydroxylation is 2. The van der Waals surface area contributed by atoms with E-state index in [2.05, 4.69) is 91.7 Å². The summed E-state index contributed by atoms with van der Waals surface area (Å²) in [5.74, 6) is 0. The molecular formula is C30H41N3. The van der Waals surface area contributed by atoms with Gasteiger partial charge in [0.2, 0.25) is 0 Å². The summed E-state index contributed by atoms with van der Waals surface area (Å²) >= 11 is 0.